The molecule has 0 aliphatic carbocycles. The summed E-state index contributed by atoms with van der Waals surface area (Å²) >= 11 is 5.94. The van der Waals surface area contributed by atoms with E-state index >= 15 is 0 Å². The molecule has 2 N–H and O–H groups in total. The SMILES string of the molecule is COc1cc(C(C)NC(=O)CCNS(=O)(=O)c2ccccc2Cl)ccc1OCC(C)C. The minimum atomic E-state index is -3.79. The Hall–Kier alpha value is -2.29. The highest BCUT2D eigenvalue weighted by Crippen LogP contribution is 2.30. The normalized spacial score (nSPS) is 12.5. The molecule has 170 valence electrons. The molecule has 2 aromatic rings. The van der Waals surface area contributed by atoms with Crippen molar-refractivity contribution in [3.8, 4) is 11.5 Å². The summed E-state index contributed by atoms with van der Waals surface area (Å²) < 4.78 is 38.2. The van der Waals surface area contributed by atoms with E-state index < -0.39 is 10.0 Å². The molecular weight excluding hydrogens is 440 g/mol. The topological polar surface area (TPSA) is 93.7 Å². The Kier molecular flexibility index (Phi) is 9.15. The Bertz CT molecular complexity index is 995. The van der Waals surface area contributed by atoms with Crippen molar-refractivity contribution < 1.29 is 22.7 Å². The predicted octanol–water partition coefficient (Wildman–Crippen LogP) is 3.93. The fourth-order valence-electron chi connectivity index (χ4n) is 2.77. The van der Waals surface area contributed by atoms with E-state index in [1.807, 2.05) is 25.1 Å². The van der Waals surface area contributed by atoms with Gasteiger partial charge in [-0.05, 0) is 42.7 Å². The average Bonchev–Trinajstić information content (AvgIpc) is 2.72. The zero-order valence-electron chi connectivity index (χ0n) is 18.1. The van der Waals surface area contributed by atoms with Gasteiger partial charge in [0.1, 0.15) is 4.90 Å². The summed E-state index contributed by atoms with van der Waals surface area (Å²) in [5.41, 5.74) is 0.846. The summed E-state index contributed by atoms with van der Waals surface area (Å²) in [4.78, 5) is 12.3. The average molecular weight is 469 g/mol. The number of hydrogen-bond donors (Lipinski definition) is 2. The number of carbonyl (C=O) groups is 1. The Labute approximate surface area is 189 Å². The number of ether oxygens (including phenoxy) is 2. The van der Waals surface area contributed by atoms with Gasteiger partial charge in [0.05, 0.1) is 24.8 Å². The van der Waals surface area contributed by atoms with E-state index in [0.717, 1.165) is 5.56 Å². The summed E-state index contributed by atoms with van der Waals surface area (Å²) in [5, 5.41) is 2.99. The predicted molar refractivity (Wildman–Crippen MR) is 121 cm³/mol. The van der Waals surface area contributed by atoms with E-state index in [1.54, 1.807) is 19.2 Å². The molecule has 0 heterocycles. The Morgan fingerprint density at radius 3 is 2.45 bits per heavy atom. The summed E-state index contributed by atoms with van der Waals surface area (Å²) in [6, 6.07) is 11.4. The van der Waals surface area contributed by atoms with Gasteiger partial charge >= 0.3 is 0 Å². The first kappa shape index (κ1) is 25.0. The zero-order chi connectivity index (χ0) is 23.0. The first-order valence-corrected chi connectivity index (χ1v) is 11.8. The molecule has 1 atom stereocenters. The molecule has 0 radical (unpaired) electrons. The van der Waals surface area contributed by atoms with Crippen molar-refractivity contribution in [2.24, 2.45) is 5.92 Å². The van der Waals surface area contributed by atoms with Gasteiger partial charge in [-0.25, -0.2) is 13.1 Å². The maximum atomic E-state index is 12.3. The van der Waals surface area contributed by atoms with E-state index in [9.17, 15) is 13.2 Å². The molecule has 0 bridgehead atoms. The van der Waals surface area contributed by atoms with Crippen molar-refractivity contribution in [1.29, 1.82) is 0 Å². The molecule has 0 aliphatic heterocycles. The van der Waals surface area contributed by atoms with Gasteiger partial charge in [0.25, 0.3) is 0 Å². The summed E-state index contributed by atoms with van der Waals surface area (Å²) in [5.74, 6) is 1.34. The van der Waals surface area contributed by atoms with Crippen LogP contribution in [-0.4, -0.2) is 34.6 Å². The Morgan fingerprint density at radius 2 is 1.81 bits per heavy atom. The van der Waals surface area contributed by atoms with Gasteiger partial charge in [-0.2, -0.15) is 0 Å². The second kappa shape index (κ2) is 11.4. The van der Waals surface area contributed by atoms with Crippen LogP contribution in [0.3, 0.4) is 0 Å². The lowest BCUT2D eigenvalue weighted by atomic mass is 10.1. The molecule has 2 aromatic carbocycles. The van der Waals surface area contributed by atoms with Gasteiger partial charge in [-0.15, -0.1) is 0 Å². The quantitative estimate of drug-likeness (QED) is 0.521. The molecule has 0 aromatic heterocycles. The molecule has 0 fully saturated rings. The van der Waals surface area contributed by atoms with Gasteiger partial charge < -0.3 is 14.8 Å². The van der Waals surface area contributed by atoms with Gasteiger partial charge in [0, 0.05) is 13.0 Å². The highest BCUT2D eigenvalue weighted by Gasteiger charge is 2.18. The molecule has 0 saturated carbocycles. The largest absolute Gasteiger partial charge is 0.493 e. The number of hydrogen-bond acceptors (Lipinski definition) is 5. The van der Waals surface area contributed by atoms with Crippen LogP contribution in [0.5, 0.6) is 11.5 Å². The fourth-order valence-corrected chi connectivity index (χ4v) is 4.31. The number of rotatable bonds is 11. The van der Waals surface area contributed by atoms with Crippen LogP contribution >= 0.6 is 11.6 Å². The van der Waals surface area contributed by atoms with E-state index in [0.29, 0.717) is 24.0 Å². The number of halogens is 1. The maximum absolute atomic E-state index is 12.3. The third kappa shape index (κ3) is 7.41. The van der Waals surface area contributed by atoms with Gasteiger partial charge in [-0.3, -0.25) is 4.79 Å². The molecule has 0 aliphatic rings. The van der Waals surface area contributed by atoms with E-state index in [4.69, 9.17) is 21.1 Å². The third-order valence-electron chi connectivity index (χ3n) is 4.41. The first-order valence-electron chi connectivity index (χ1n) is 9.98. The highest BCUT2D eigenvalue weighted by atomic mass is 35.5. The van der Waals surface area contributed by atoms with Gasteiger partial charge in [-0.1, -0.05) is 43.6 Å². The molecule has 1 amide bonds. The van der Waals surface area contributed by atoms with Crippen LogP contribution in [0, 0.1) is 5.92 Å². The molecule has 9 heteroatoms. The van der Waals surface area contributed by atoms with Gasteiger partial charge in [0.2, 0.25) is 15.9 Å². The van der Waals surface area contributed by atoms with Gasteiger partial charge in [0.15, 0.2) is 11.5 Å². The number of benzene rings is 2. The van der Waals surface area contributed by atoms with E-state index in [2.05, 4.69) is 23.9 Å². The van der Waals surface area contributed by atoms with E-state index in [-0.39, 0.29) is 34.8 Å². The summed E-state index contributed by atoms with van der Waals surface area (Å²) in [6.07, 6.45) is -0.0132. The molecular formula is C22H29ClN2O5S. The molecule has 0 spiro atoms. The first-order chi connectivity index (χ1) is 14.6. The van der Waals surface area contributed by atoms with Crippen LogP contribution in [-0.2, 0) is 14.8 Å². The summed E-state index contributed by atoms with van der Waals surface area (Å²) in [7, 11) is -2.22. The van der Waals surface area contributed by atoms with Crippen LogP contribution in [0.15, 0.2) is 47.4 Å². The van der Waals surface area contributed by atoms with Crippen molar-refractivity contribution in [2.45, 2.75) is 38.1 Å². The standard InChI is InChI=1S/C22H29ClN2O5S/c1-15(2)14-30-19-10-9-17(13-20(19)29-4)16(3)25-22(26)11-12-24-31(27,28)21-8-6-5-7-18(21)23/h5-10,13,15-16,24H,11-12,14H2,1-4H3,(H,25,26). The lowest BCUT2D eigenvalue weighted by Crippen LogP contribution is -2.32. The summed E-state index contributed by atoms with van der Waals surface area (Å²) in [6.45, 7) is 6.50. The number of sulfonamides is 1. The van der Waals surface area contributed by atoms with Crippen LogP contribution in [0.1, 0.15) is 38.8 Å². The van der Waals surface area contributed by atoms with Crippen molar-refractivity contribution in [3.63, 3.8) is 0 Å². The molecule has 2 rings (SSSR count). The number of amides is 1. The lowest BCUT2D eigenvalue weighted by Gasteiger charge is -2.18. The third-order valence-corrected chi connectivity index (χ3v) is 6.37. The number of carbonyl (C=O) groups excluding carboxylic acids is 1. The number of methoxy groups -OCH3 is 1. The zero-order valence-corrected chi connectivity index (χ0v) is 19.7. The van der Waals surface area contributed by atoms with Crippen LogP contribution < -0.4 is 19.5 Å². The van der Waals surface area contributed by atoms with Crippen molar-refractivity contribution >= 4 is 27.5 Å². The molecule has 31 heavy (non-hydrogen) atoms. The smallest absolute Gasteiger partial charge is 0.242 e. The monoisotopic (exact) mass is 468 g/mol. The Morgan fingerprint density at radius 1 is 1.10 bits per heavy atom. The second-order valence-electron chi connectivity index (χ2n) is 7.48. The lowest BCUT2D eigenvalue weighted by molar-refractivity contribution is -0.121. The molecule has 7 nitrogen and oxygen atoms in total. The van der Waals surface area contributed by atoms with Crippen molar-refractivity contribution in [1.82, 2.24) is 10.0 Å². The van der Waals surface area contributed by atoms with Crippen LogP contribution in [0.2, 0.25) is 5.02 Å². The van der Waals surface area contributed by atoms with Crippen LogP contribution in [0.25, 0.3) is 0 Å². The van der Waals surface area contributed by atoms with E-state index in [1.165, 1.54) is 12.1 Å². The molecule has 1 unspecified atom stereocenters. The van der Waals surface area contributed by atoms with Crippen LogP contribution in [0.4, 0.5) is 0 Å². The Balaban J connectivity index is 1.91. The second-order valence-corrected chi connectivity index (χ2v) is 9.63. The minimum Gasteiger partial charge on any atom is -0.493 e. The van der Waals surface area contributed by atoms with Crippen molar-refractivity contribution in [2.75, 3.05) is 20.3 Å². The number of nitrogens with one attached hydrogen (secondary N) is 2. The highest BCUT2D eigenvalue weighted by molar-refractivity contribution is 7.89. The van der Waals surface area contributed by atoms with Crippen molar-refractivity contribution in [3.05, 3.63) is 53.1 Å². The fraction of sp³-hybridized carbons (Fsp3) is 0.409. The maximum Gasteiger partial charge on any atom is 0.242 e. The molecule has 0 saturated heterocycles. The minimum absolute atomic E-state index is 0.0132.